The molecule has 1 aliphatic heterocycles. The van der Waals surface area contributed by atoms with Gasteiger partial charge in [0.05, 0.1) is 15.5 Å². The molecule has 1 aliphatic rings. The van der Waals surface area contributed by atoms with Crippen molar-refractivity contribution in [2.24, 2.45) is 5.10 Å². The number of aryl methyl sites for hydroxylation is 1. The average molecular weight is 445 g/mol. The van der Waals surface area contributed by atoms with Crippen LogP contribution in [0.5, 0.6) is 0 Å². The highest BCUT2D eigenvalue weighted by Gasteiger charge is 2.26. The second kappa shape index (κ2) is 9.36. The standard InChI is InChI=1S/C21H24N4O5S/c1-15-9-10-17(14-20(15)25(27)28)16(2)22-23-21(26)18-7-6-8-19(13-18)31(29,30)24-11-4-3-5-12-24/h6-10,13-14H,3-5,11-12H2,1-2H3,(H,23,26)/b22-16+. The van der Waals surface area contributed by atoms with Crippen LogP contribution in [0.15, 0.2) is 52.5 Å². The van der Waals surface area contributed by atoms with Crippen molar-refractivity contribution >= 4 is 27.3 Å². The van der Waals surface area contributed by atoms with Gasteiger partial charge in [0, 0.05) is 35.8 Å². The van der Waals surface area contributed by atoms with Crippen molar-refractivity contribution in [3.8, 4) is 0 Å². The summed E-state index contributed by atoms with van der Waals surface area (Å²) in [5, 5.41) is 15.1. The highest BCUT2D eigenvalue weighted by atomic mass is 32.2. The summed E-state index contributed by atoms with van der Waals surface area (Å²) in [7, 11) is -3.66. The number of hydrogen-bond acceptors (Lipinski definition) is 6. The molecule has 0 aromatic heterocycles. The summed E-state index contributed by atoms with van der Waals surface area (Å²) in [5.74, 6) is -0.573. The first-order chi connectivity index (χ1) is 14.7. The normalized spacial score (nSPS) is 15.5. The van der Waals surface area contributed by atoms with E-state index in [2.05, 4.69) is 10.5 Å². The molecule has 2 aromatic rings. The van der Waals surface area contributed by atoms with Crippen LogP contribution in [0.25, 0.3) is 0 Å². The molecule has 0 aliphatic carbocycles. The average Bonchev–Trinajstić information content (AvgIpc) is 2.78. The molecule has 2 aromatic carbocycles. The third-order valence-electron chi connectivity index (χ3n) is 5.20. The van der Waals surface area contributed by atoms with E-state index < -0.39 is 20.9 Å². The van der Waals surface area contributed by atoms with E-state index in [0.29, 0.717) is 29.9 Å². The van der Waals surface area contributed by atoms with E-state index in [1.54, 1.807) is 26.0 Å². The number of nitrogens with zero attached hydrogens (tertiary/aromatic N) is 3. The maximum atomic E-state index is 12.8. The van der Waals surface area contributed by atoms with Crippen molar-refractivity contribution in [2.75, 3.05) is 13.1 Å². The van der Waals surface area contributed by atoms with Crippen LogP contribution in [0.4, 0.5) is 5.69 Å². The van der Waals surface area contributed by atoms with Crippen LogP contribution in [0.3, 0.4) is 0 Å². The van der Waals surface area contributed by atoms with Crippen LogP contribution in [-0.4, -0.2) is 42.4 Å². The third kappa shape index (κ3) is 5.15. The zero-order valence-electron chi connectivity index (χ0n) is 17.4. The van der Waals surface area contributed by atoms with Gasteiger partial charge in [-0.15, -0.1) is 0 Å². The molecule has 0 spiro atoms. The van der Waals surface area contributed by atoms with Crippen molar-refractivity contribution in [3.63, 3.8) is 0 Å². The highest BCUT2D eigenvalue weighted by Crippen LogP contribution is 2.22. The Hall–Kier alpha value is -3.11. The highest BCUT2D eigenvalue weighted by molar-refractivity contribution is 7.89. The van der Waals surface area contributed by atoms with Gasteiger partial charge in [0.25, 0.3) is 11.6 Å². The minimum Gasteiger partial charge on any atom is -0.267 e. The molecule has 10 heteroatoms. The van der Waals surface area contributed by atoms with Gasteiger partial charge in [0.1, 0.15) is 0 Å². The number of hydrazone groups is 1. The Morgan fingerprint density at radius 1 is 1.10 bits per heavy atom. The van der Waals surface area contributed by atoms with Crippen LogP contribution < -0.4 is 5.43 Å². The number of nitrogens with one attached hydrogen (secondary N) is 1. The van der Waals surface area contributed by atoms with Crippen molar-refractivity contribution in [2.45, 2.75) is 38.0 Å². The molecule has 0 unspecified atom stereocenters. The minimum absolute atomic E-state index is 0.0333. The van der Waals surface area contributed by atoms with Crippen LogP contribution in [0.1, 0.15) is 47.7 Å². The minimum atomic E-state index is -3.66. The Morgan fingerprint density at radius 3 is 2.48 bits per heavy atom. The summed E-state index contributed by atoms with van der Waals surface area (Å²) in [6.07, 6.45) is 2.66. The lowest BCUT2D eigenvalue weighted by molar-refractivity contribution is -0.385. The van der Waals surface area contributed by atoms with Gasteiger partial charge < -0.3 is 0 Å². The van der Waals surface area contributed by atoms with Gasteiger partial charge in [-0.3, -0.25) is 14.9 Å². The summed E-state index contributed by atoms with van der Waals surface area (Å²) in [4.78, 5) is 23.2. The van der Waals surface area contributed by atoms with Crippen LogP contribution >= 0.6 is 0 Å². The predicted molar refractivity (Wildman–Crippen MR) is 117 cm³/mol. The molecule has 0 atom stereocenters. The summed E-state index contributed by atoms with van der Waals surface area (Å²) < 4.78 is 27.1. The molecule has 1 N–H and O–H groups in total. The van der Waals surface area contributed by atoms with Gasteiger partial charge in [0.2, 0.25) is 10.0 Å². The smallest absolute Gasteiger partial charge is 0.267 e. The first-order valence-electron chi connectivity index (χ1n) is 9.90. The lowest BCUT2D eigenvalue weighted by atomic mass is 10.1. The first kappa shape index (κ1) is 22.6. The molecule has 0 bridgehead atoms. The number of hydrogen-bond donors (Lipinski definition) is 1. The molecular formula is C21H24N4O5S. The molecule has 164 valence electrons. The summed E-state index contributed by atoms with van der Waals surface area (Å²) >= 11 is 0. The fraction of sp³-hybridized carbons (Fsp3) is 0.333. The molecule has 1 amide bonds. The number of piperidine rings is 1. The van der Waals surface area contributed by atoms with E-state index in [1.165, 1.54) is 34.6 Å². The molecule has 9 nitrogen and oxygen atoms in total. The molecule has 0 radical (unpaired) electrons. The molecule has 1 saturated heterocycles. The summed E-state index contributed by atoms with van der Waals surface area (Å²) in [6, 6.07) is 10.5. The lowest BCUT2D eigenvalue weighted by Crippen LogP contribution is -2.35. The van der Waals surface area contributed by atoms with Gasteiger partial charge in [-0.2, -0.15) is 9.41 Å². The van der Waals surface area contributed by atoms with E-state index in [1.807, 2.05) is 0 Å². The number of rotatable bonds is 6. The quantitative estimate of drug-likeness (QED) is 0.416. The molecule has 3 rings (SSSR count). The second-order valence-corrected chi connectivity index (χ2v) is 9.33. The lowest BCUT2D eigenvalue weighted by Gasteiger charge is -2.25. The zero-order chi connectivity index (χ0) is 22.6. The van der Waals surface area contributed by atoms with Crippen molar-refractivity contribution < 1.29 is 18.1 Å². The van der Waals surface area contributed by atoms with Gasteiger partial charge in [-0.25, -0.2) is 13.8 Å². The third-order valence-corrected chi connectivity index (χ3v) is 7.09. The fourth-order valence-corrected chi connectivity index (χ4v) is 4.91. The topological polar surface area (TPSA) is 122 Å². The number of sulfonamides is 1. The van der Waals surface area contributed by atoms with E-state index >= 15 is 0 Å². The van der Waals surface area contributed by atoms with Crippen molar-refractivity contribution in [1.82, 2.24) is 9.73 Å². The number of nitro benzene ring substituents is 1. The van der Waals surface area contributed by atoms with Crippen LogP contribution in [0, 0.1) is 17.0 Å². The predicted octanol–water partition coefficient (Wildman–Crippen LogP) is 3.23. The number of amides is 1. The van der Waals surface area contributed by atoms with Gasteiger partial charge in [0.15, 0.2) is 0 Å². The SMILES string of the molecule is C/C(=N\NC(=O)c1cccc(S(=O)(=O)N2CCCCC2)c1)c1ccc(C)c([N+](=O)[O-])c1. The number of nitro groups is 1. The van der Waals surface area contributed by atoms with Crippen molar-refractivity contribution in [1.29, 1.82) is 0 Å². The Morgan fingerprint density at radius 2 is 1.81 bits per heavy atom. The van der Waals surface area contributed by atoms with E-state index in [-0.39, 0.29) is 16.1 Å². The number of benzene rings is 2. The van der Waals surface area contributed by atoms with Crippen molar-refractivity contribution in [3.05, 3.63) is 69.3 Å². The van der Waals surface area contributed by atoms with Gasteiger partial charge in [-0.05, 0) is 44.9 Å². The maximum absolute atomic E-state index is 12.8. The molecule has 31 heavy (non-hydrogen) atoms. The fourth-order valence-electron chi connectivity index (χ4n) is 3.35. The van der Waals surface area contributed by atoms with Crippen LogP contribution in [0.2, 0.25) is 0 Å². The van der Waals surface area contributed by atoms with E-state index in [4.69, 9.17) is 0 Å². The molecular weight excluding hydrogens is 420 g/mol. The van der Waals surface area contributed by atoms with E-state index in [0.717, 1.165) is 19.3 Å². The molecule has 1 heterocycles. The summed E-state index contributed by atoms with van der Waals surface area (Å²) in [6.45, 7) is 4.21. The van der Waals surface area contributed by atoms with E-state index in [9.17, 15) is 23.3 Å². The maximum Gasteiger partial charge on any atom is 0.272 e. The molecule has 0 saturated carbocycles. The number of carbonyl (C=O) groups excluding carboxylic acids is 1. The van der Waals surface area contributed by atoms with Gasteiger partial charge >= 0.3 is 0 Å². The largest absolute Gasteiger partial charge is 0.272 e. The second-order valence-electron chi connectivity index (χ2n) is 7.39. The zero-order valence-corrected chi connectivity index (χ0v) is 18.2. The Balaban J connectivity index is 1.77. The number of carbonyl (C=O) groups is 1. The Labute approximate surface area is 181 Å². The Kier molecular flexibility index (Phi) is 6.81. The monoisotopic (exact) mass is 444 g/mol. The summed E-state index contributed by atoms with van der Waals surface area (Å²) in [5.41, 5.74) is 3.92. The van der Waals surface area contributed by atoms with Gasteiger partial charge in [-0.1, -0.05) is 24.6 Å². The van der Waals surface area contributed by atoms with Crippen LogP contribution in [-0.2, 0) is 10.0 Å². The Bertz CT molecular complexity index is 1140. The molecule has 1 fully saturated rings. The first-order valence-corrected chi connectivity index (χ1v) is 11.3.